The number of rotatable bonds is 0. The van der Waals surface area contributed by atoms with Gasteiger partial charge in [0.1, 0.15) is 0 Å². The van der Waals surface area contributed by atoms with Crippen LogP contribution in [0.15, 0.2) is 0 Å². The molecule has 0 unspecified atom stereocenters. The first-order valence-electron chi connectivity index (χ1n) is 3.29. The van der Waals surface area contributed by atoms with Crippen LogP contribution in [0.5, 0.6) is 0 Å². The van der Waals surface area contributed by atoms with Gasteiger partial charge in [-0.1, -0.05) is 0 Å². The molecule has 0 spiro atoms. The van der Waals surface area contributed by atoms with Gasteiger partial charge in [-0.2, -0.15) is 0 Å². The summed E-state index contributed by atoms with van der Waals surface area (Å²) in [6.07, 6.45) is -0.806. The molecule has 0 saturated carbocycles. The number of nitrogens with zero attached hydrogens (tertiary/aromatic N) is 1. The lowest BCUT2D eigenvalue weighted by molar-refractivity contribution is -0.0120. The molecule has 0 aromatic rings. The third-order valence-electron chi connectivity index (χ3n) is 1.51. The summed E-state index contributed by atoms with van der Waals surface area (Å²) in [6.45, 7) is 3.39. The van der Waals surface area contributed by atoms with Gasteiger partial charge in [0.2, 0.25) is 0 Å². The van der Waals surface area contributed by atoms with Crippen LogP contribution in [0.1, 0.15) is 6.92 Å². The Morgan fingerprint density at radius 1 is 1.80 bits per heavy atom. The van der Waals surface area contributed by atoms with E-state index in [2.05, 4.69) is 0 Å². The molecule has 1 aliphatic rings. The minimum absolute atomic E-state index is 0.0462. The molecule has 1 atom stereocenters. The first-order valence-corrected chi connectivity index (χ1v) is 3.29. The molecule has 10 heavy (non-hydrogen) atoms. The monoisotopic (exact) mass is 145 g/mol. The van der Waals surface area contributed by atoms with Gasteiger partial charge in [0.05, 0.1) is 19.3 Å². The number of ether oxygens (including phenoxy) is 1. The maximum Gasteiger partial charge on any atom is 0.407 e. The normalized spacial score (nSPS) is 26.5. The molecular weight excluding hydrogens is 134 g/mol. The Balaban J connectivity index is 2.39. The Bertz CT molecular complexity index is 137. The molecule has 1 N–H and O–H groups in total. The van der Waals surface area contributed by atoms with Gasteiger partial charge in [0, 0.05) is 6.54 Å². The summed E-state index contributed by atoms with van der Waals surface area (Å²) in [5.41, 5.74) is 0. The zero-order chi connectivity index (χ0) is 7.56. The van der Waals surface area contributed by atoms with Gasteiger partial charge in [-0.25, -0.2) is 4.79 Å². The second-order valence-electron chi connectivity index (χ2n) is 2.41. The predicted molar refractivity (Wildman–Crippen MR) is 35.0 cm³/mol. The highest BCUT2D eigenvalue weighted by Gasteiger charge is 2.19. The Morgan fingerprint density at radius 2 is 2.50 bits per heavy atom. The number of morpholine rings is 1. The fraction of sp³-hybridized carbons (Fsp3) is 0.833. The van der Waals surface area contributed by atoms with Crippen LogP contribution in [0.2, 0.25) is 0 Å². The molecule has 1 heterocycles. The van der Waals surface area contributed by atoms with E-state index in [-0.39, 0.29) is 6.10 Å². The summed E-state index contributed by atoms with van der Waals surface area (Å²) in [4.78, 5) is 11.7. The molecule has 1 amide bonds. The fourth-order valence-electron chi connectivity index (χ4n) is 0.992. The maximum atomic E-state index is 10.4. The van der Waals surface area contributed by atoms with E-state index >= 15 is 0 Å². The van der Waals surface area contributed by atoms with E-state index in [0.717, 1.165) is 0 Å². The first-order chi connectivity index (χ1) is 4.70. The molecule has 1 fully saturated rings. The molecule has 0 aliphatic carbocycles. The van der Waals surface area contributed by atoms with E-state index in [1.807, 2.05) is 6.92 Å². The van der Waals surface area contributed by atoms with E-state index in [1.165, 1.54) is 4.90 Å². The van der Waals surface area contributed by atoms with Crippen LogP contribution in [0.4, 0.5) is 4.79 Å². The molecule has 4 heteroatoms. The third-order valence-corrected chi connectivity index (χ3v) is 1.51. The molecule has 0 radical (unpaired) electrons. The Labute approximate surface area is 59.4 Å². The summed E-state index contributed by atoms with van der Waals surface area (Å²) >= 11 is 0. The second-order valence-corrected chi connectivity index (χ2v) is 2.41. The molecular formula is C6H11NO3. The first kappa shape index (κ1) is 7.34. The standard InChI is InChI=1S/C6H11NO3/c1-5-4-7(6(8)9)2-3-10-5/h5H,2-4H2,1H3,(H,8,9)/t5-/m0/s1. The van der Waals surface area contributed by atoms with Crippen molar-refractivity contribution >= 4 is 6.09 Å². The van der Waals surface area contributed by atoms with Crippen molar-refractivity contribution in [2.24, 2.45) is 0 Å². The van der Waals surface area contributed by atoms with Crippen molar-refractivity contribution in [1.82, 2.24) is 4.90 Å². The lowest BCUT2D eigenvalue weighted by Crippen LogP contribution is -2.43. The van der Waals surface area contributed by atoms with Gasteiger partial charge in [0.15, 0.2) is 0 Å². The highest BCUT2D eigenvalue weighted by Crippen LogP contribution is 2.03. The van der Waals surface area contributed by atoms with Gasteiger partial charge < -0.3 is 14.7 Å². The lowest BCUT2D eigenvalue weighted by atomic mass is 10.3. The van der Waals surface area contributed by atoms with E-state index in [9.17, 15) is 4.79 Å². The number of amides is 1. The Hall–Kier alpha value is -0.770. The smallest absolute Gasteiger partial charge is 0.407 e. The van der Waals surface area contributed by atoms with Crippen molar-refractivity contribution in [2.75, 3.05) is 19.7 Å². The van der Waals surface area contributed by atoms with Gasteiger partial charge in [-0.05, 0) is 6.92 Å². The van der Waals surface area contributed by atoms with E-state index in [0.29, 0.717) is 19.7 Å². The molecule has 58 valence electrons. The molecule has 1 rings (SSSR count). The number of hydrogen-bond acceptors (Lipinski definition) is 2. The van der Waals surface area contributed by atoms with Crippen molar-refractivity contribution in [1.29, 1.82) is 0 Å². The lowest BCUT2D eigenvalue weighted by Gasteiger charge is -2.28. The molecule has 1 aliphatic heterocycles. The van der Waals surface area contributed by atoms with E-state index < -0.39 is 6.09 Å². The van der Waals surface area contributed by atoms with Crippen molar-refractivity contribution in [3.05, 3.63) is 0 Å². The van der Waals surface area contributed by atoms with Crippen LogP contribution < -0.4 is 0 Å². The van der Waals surface area contributed by atoms with Crippen LogP contribution in [-0.2, 0) is 4.74 Å². The zero-order valence-electron chi connectivity index (χ0n) is 5.91. The van der Waals surface area contributed by atoms with E-state index in [4.69, 9.17) is 9.84 Å². The average Bonchev–Trinajstić information content (AvgIpc) is 1.88. The van der Waals surface area contributed by atoms with Crippen molar-refractivity contribution < 1.29 is 14.6 Å². The van der Waals surface area contributed by atoms with Gasteiger partial charge in [-0.15, -0.1) is 0 Å². The predicted octanol–water partition coefficient (Wildman–Crippen LogP) is 0.385. The zero-order valence-corrected chi connectivity index (χ0v) is 5.91. The van der Waals surface area contributed by atoms with Crippen molar-refractivity contribution in [3.8, 4) is 0 Å². The Morgan fingerprint density at radius 3 is 2.90 bits per heavy atom. The number of carboxylic acid groups (broad SMARTS) is 1. The van der Waals surface area contributed by atoms with Gasteiger partial charge >= 0.3 is 6.09 Å². The summed E-state index contributed by atoms with van der Waals surface area (Å²) in [6, 6.07) is 0. The molecule has 0 aromatic heterocycles. The minimum atomic E-state index is -0.852. The van der Waals surface area contributed by atoms with Gasteiger partial charge in [0.25, 0.3) is 0 Å². The second kappa shape index (κ2) is 2.88. The minimum Gasteiger partial charge on any atom is -0.465 e. The van der Waals surface area contributed by atoms with Crippen molar-refractivity contribution in [3.63, 3.8) is 0 Å². The summed E-state index contributed by atoms with van der Waals surface area (Å²) in [5, 5.41) is 8.53. The number of carbonyl (C=O) groups is 1. The van der Waals surface area contributed by atoms with Crippen molar-refractivity contribution in [2.45, 2.75) is 13.0 Å². The molecule has 4 nitrogen and oxygen atoms in total. The quantitative estimate of drug-likeness (QED) is 0.536. The summed E-state index contributed by atoms with van der Waals surface area (Å²) in [7, 11) is 0. The SMILES string of the molecule is C[C@H]1CN(C(=O)O)CCO1. The number of hydrogen-bond donors (Lipinski definition) is 1. The van der Waals surface area contributed by atoms with Crippen LogP contribution in [0, 0.1) is 0 Å². The molecule has 0 aromatic carbocycles. The van der Waals surface area contributed by atoms with Crippen LogP contribution in [0.25, 0.3) is 0 Å². The third kappa shape index (κ3) is 1.60. The topological polar surface area (TPSA) is 49.8 Å². The highest BCUT2D eigenvalue weighted by atomic mass is 16.5. The van der Waals surface area contributed by atoms with E-state index in [1.54, 1.807) is 0 Å². The fourth-order valence-corrected chi connectivity index (χ4v) is 0.992. The largest absolute Gasteiger partial charge is 0.465 e. The van der Waals surface area contributed by atoms with Crippen LogP contribution in [-0.4, -0.2) is 41.9 Å². The average molecular weight is 145 g/mol. The molecule has 0 bridgehead atoms. The molecule has 1 saturated heterocycles. The summed E-state index contributed by atoms with van der Waals surface area (Å²) in [5.74, 6) is 0. The maximum absolute atomic E-state index is 10.4. The Kier molecular flexibility index (Phi) is 2.11. The highest BCUT2D eigenvalue weighted by molar-refractivity contribution is 5.65. The van der Waals surface area contributed by atoms with Crippen LogP contribution in [0.3, 0.4) is 0 Å². The van der Waals surface area contributed by atoms with Gasteiger partial charge in [-0.3, -0.25) is 0 Å². The van der Waals surface area contributed by atoms with Crippen LogP contribution >= 0.6 is 0 Å². The summed E-state index contributed by atoms with van der Waals surface area (Å²) < 4.78 is 5.15.